The quantitative estimate of drug-likeness (QED) is 0.740. The van der Waals surface area contributed by atoms with Crippen LogP contribution in [-0.4, -0.2) is 11.2 Å². The Morgan fingerprint density at radius 2 is 2.29 bits per heavy atom. The average Bonchev–Trinajstić information content (AvgIpc) is 2.45. The first-order chi connectivity index (χ1) is 6.66. The van der Waals surface area contributed by atoms with Gasteiger partial charge in [0, 0.05) is 17.0 Å². The van der Waals surface area contributed by atoms with Gasteiger partial charge in [-0.1, -0.05) is 13.8 Å². The number of nitrogens with one attached hydrogen (secondary N) is 2. The molecule has 0 amide bonds. The van der Waals surface area contributed by atoms with Crippen molar-refractivity contribution >= 4 is 6.21 Å². The van der Waals surface area contributed by atoms with Crippen molar-refractivity contribution in [2.24, 2.45) is 11.0 Å². The van der Waals surface area contributed by atoms with Gasteiger partial charge >= 0.3 is 0 Å². The lowest BCUT2D eigenvalue weighted by molar-refractivity contribution is 0.429. The van der Waals surface area contributed by atoms with Crippen LogP contribution in [-0.2, 0) is 0 Å². The van der Waals surface area contributed by atoms with Crippen molar-refractivity contribution < 1.29 is 0 Å². The number of hydrazone groups is 1. The van der Waals surface area contributed by atoms with Gasteiger partial charge in [0.05, 0.1) is 12.3 Å². The number of aryl methyl sites for hydroxylation is 1. The fourth-order valence-electron chi connectivity index (χ4n) is 1.93. The fourth-order valence-corrected chi connectivity index (χ4v) is 1.93. The van der Waals surface area contributed by atoms with Gasteiger partial charge in [-0.25, -0.2) is 0 Å². The maximum absolute atomic E-state index is 4.17. The van der Waals surface area contributed by atoms with Crippen molar-refractivity contribution in [3.05, 3.63) is 23.0 Å². The monoisotopic (exact) mass is 191 g/mol. The van der Waals surface area contributed by atoms with E-state index < -0.39 is 0 Å². The summed E-state index contributed by atoms with van der Waals surface area (Å²) in [6.07, 6.45) is 3.00. The van der Waals surface area contributed by atoms with Gasteiger partial charge in [0.25, 0.3) is 0 Å². The summed E-state index contributed by atoms with van der Waals surface area (Å²) < 4.78 is 0. The molecule has 0 saturated carbocycles. The van der Waals surface area contributed by atoms with Crippen molar-refractivity contribution in [1.29, 1.82) is 0 Å². The molecule has 3 heteroatoms. The highest BCUT2D eigenvalue weighted by atomic mass is 15.3. The molecule has 0 bridgehead atoms. The van der Waals surface area contributed by atoms with Gasteiger partial charge < -0.3 is 10.4 Å². The Hall–Kier alpha value is -1.25. The molecule has 3 nitrogen and oxygen atoms in total. The zero-order valence-corrected chi connectivity index (χ0v) is 8.96. The topological polar surface area (TPSA) is 40.2 Å². The highest BCUT2D eigenvalue weighted by Gasteiger charge is 2.20. The SMILES string of the molecule is Cc1cc2c([nH]1)C(CC(C)C)NN=C2. The van der Waals surface area contributed by atoms with E-state index in [0.717, 1.165) is 6.42 Å². The van der Waals surface area contributed by atoms with E-state index in [1.165, 1.54) is 17.0 Å². The predicted molar refractivity (Wildman–Crippen MR) is 58.5 cm³/mol. The standard InChI is InChI=1S/C11H17N3/c1-7(2)4-10-11-9(6-12-14-10)5-8(3)13-11/h5-7,10,13-14H,4H2,1-3H3. The minimum absolute atomic E-state index is 0.351. The molecule has 0 saturated heterocycles. The summed E-state index contributed by atoms with van der Waals surface area (Å²) in [6, 6.07) is 2.50. The van der Waals surface area contributed by atoms with Crippen LogP contribution < -0.4 is 5.43 Å². The van der Waals surface area contributed by atoms with E-state index >= 15 is 0 Å². The third kappa shape index (κ3) is 1.67. The van der Waals surface area contributed by atoms with E-state index in [2.05, 4.69) is 42.3 Å². The van der Waals surface area contributed by atoms with Crippen LogP contribution in [0.15, 0.2) is 11.2 Å². The average molecular weight is 191 g/mol. The maximum Gasteiger partial charge on any atom is 0.0847 e. The normalized spacial score (nSPS) is 19.6. The van der Waals surface area contributed by atoms with E-state index in [1.54, 1.807) is 0 Å². The molecule has 0 aliphatic carbocycles. The molecule has 0 spiro atoms. The van der Waals surface area contributed by atoms with E-state index in [-0.39, 0.29) is 0 Å². The second-order valence-electron chi connectivity index (χ2n) is 4.39. The third-order valence-electron chi connectivity index (χ3n) is 2.50. The van der Waals surface area contributed by atoms with Gasteiger partial charge in [-0.2, -0.15) is 5.10 Å². The minimum Gasteiger partial charge on any atom is -0.360 e. The third-order valence-corrected chi connectivity index (χ3v) is 2.50. The Balaban J connectivity index is 2.26. The first-order valence-electron chi connectivity index (χ1n) is 5.15. The number of aromatic amines is 1. The lowest BCUT2D eigenvalue weighted by Crippen LogP contribution is -2.22. The molecular formula is C11H17N3. The largest absolute Gasteiger partial charge is 0.360 e. The summed E-state index contributed by atoms with van der Waals surface area (Å²) in [4.78, 5) is 3.40. The number of hydrogen-bond donors (Lipinski definition) is 2. The Morgan fingerprint density at radius 3 is 3.00 bits per heavy atom. The molecule has 2 rings (SSSR count). The molecule has 1 aromatic heterocycles. The number of fused-ring (bicyclic) bond motifs is 1. The number of hydrogen-bond acceptors (Lipinski definition) is 2. The van der Waals surface area contributed by atoms with E-state index in [4.69, 9.17) is 0 Å². The molecule has 2 N–H and O–H groups in total. The molecule has 1 atom stereocenters. The van der Waals surface area contributed by atoms with Crippen LogP contribution in [0.25, 0.3) is 0 Å². The zero-order valence-electron chi connectivity index (χ0n) is 8.96. The molecule has 1 aliphatic rings. The second-order valence-corrected chi connectivity index (χ2v) is 4.39. The molecule has 76 valence electrons. The van der Waals surface area contributed by atoms with Crippen LogP contribution >= 0.6 is 0 Å². The first-order valence-corrected chi connectivity index (χ1v) is 5.15. The van der Waals surface area contributed by atoms with Gasteiger partial charge in [-0.3, -0.25) is 0 Å². The number of nitrogens with zero attached hydrogens (tertiary/aromatic N) is 1. The lowest BCUT2D eigenvalue weighted by atomic mass is 9.99. The molecule has 1 aliphatic heterocycles. The molecule has 0 radical (unpaired) electrons. The molecule has 14 heavy (non-hydrogen) atoms. The van der Waals surface area contributed by atoms with Crippen molar-refractivity contribution in [3.8, 4) is 0 Å². The first kappa shape index (κ1) is 9.31. The highest BCUT2D eigenvalue weighted by Crippen LogP contribution is 2.25. The lowest BCUT2D eigenvalue weighted by Gasteiger charge is -2.21. The van der Waals surface area contributed by atoms with Crippen molar-refractivity contribution in [3.63, 3.8) is 0 Å². The Labute approximate surface area is 84.6 Å². The molecule has 2 heterocycles. The summed E-state index contributed by atoms with van der Waals surface area (Å²) in [5, 5.41) is 4.17. The van der Waals surface area contributed by atoms with E-state index in [0.29, 0.717) is 12.0 Å². The molecule has 0 fully saturated rings. The summed E-state index contributed by atoms with van der Waals surface area (Å²) in [5.41, 5.74) is 6.88. The van der Waals surface area contributed by atoms with Crippen LogP contribution in [0.2, 0.25) is 0 Å². The number of rotatable bonds is 2. The Morgan fingerprint density at radius 1 is 1.50 bits per heavy atom. The molecular weight excluding hydrogens is 174 g/mol. The van der Waals surface area contributed by atoms with Gasteiger partial charge in [-0.15, -0.1) is 0 Å². The van der Waals surface area contributed by atoms with Gasteiger partial charge in [0.1, 0.15) is 0 Å². The molecule has 0 aromatic carbocycles. The summed E-state index contributed by atoms with van der Waals surface area (Å²) in [6.45, 7) is 6.55. The van der Waals surface area contributed by atoms with E-state index in [9.17, 15) is 0 Å². The number of H-pyrrole nitrogens is 1. The Kier molecular flexibility index (Phi) is 2.32. The minimum atomic E-state index is 0.351. The van der Waals surface area contributed by atoms with Crippen LogP contribution in [0.1, 0.15) is 43.3 Å². The van der Waals surface area contributed by atoms with E-state index in [1.807, 2.05) is 6.21 Å². The van der Waals surface area contributed by atoms with Crippen LogP contribution in [0, 0.1) is 12.8 Å². The van der Waals surface area contributed by atoms with Crippen LogP contribution in [0.4, 0.5) is 0 Å². The predicted octanol–water partition coefficient (Wildman–Crippen LogP) is 2.35. The van der Waals surface area contributed by atoms with Gasteiger partial charge in [-0.05, 0) is 25.3 Å². The highest BCUT2D eigenvalue weighted by molar-refractivity contribution is 5.82. The maximum atomic E-state index is 4.17. The van der Waals surface area contributed by atoms with Crippen LogP contribution in [0.5, 0.6) is 0 Å². The molecule has 1 aromatic rings. The summed E-state index contributed by atoms with van der Waals surface area (Å²) in [7, 11) is 0. The summed E-state index contributed by atoms with van der Waals surface area (Å²) in [5.74, 6) is 0.678. The van der Waals surface area contributed by atoms with Crippen LogP contribution in [0.3, 0.4) is 0 Å². The summed E-state index contributed by atoms with van der Waals surface area (Å²) >= 11 is 0. The van der Waals surface area contributed by atoms with Crippen molar-refractivity contribution in [2.75, 3.05) is 0 Å². The van der Waals surface area contributed by atoms with Crippen molar-refractivity contribution in [2.45, 2.75) is 33.2 Å². The smallest absolute Gasteiger partial charge is 0.0847 e. The zero-order chi connectivity index (χ0) is 10.1. The van der Waals surface area contributed by atoms with Gasteiger partial charge in [0.2, 0.25) is 0 Å². The van der Waals surface area contributed by atoms with Gasteiger partial charge in [0.15, 0.2) is 0 Å². The van der Waals surface area contributed by atoms with Crippen molar-refractivity contribution in [1.82, 2.24) is 10.4 Å². The fraction of sp³-hybridized carbons (Fsp3) is 0.545. The number of aromatic nitrogens is 1. The second kappa shape index (κ2) is 3.48. The molecule has 1 unspecified atom stereocenters. The Bertz CT molecular complexity index is 349.